The lowest BCUT2D eigenvalue weighted by atomic mass is 10.1. The zero-order chi connectivity index (χ0) is 17.0. The standard InChI is InChI=1S/C16H21FN4OS/c1-5-21-12(4)19-20-16(21)23-11(3)15(22)18-10(2)13-6-8-14(17)9-7-13/h6-11H,5H2,1-4H3,(H,18,22)/t10-,11-/m1/s1. The van der Waals surface area contributed by atoms with Crippen LogP contribution in [-0.2, 0) is 11.3 Å². The molecule has 1 heterocycles. The summed E-state index contributed by atoms with van der Waals surface area (Å²) in [6, 6.07) is 5.95. The molecular formula is C16H21FN4OS. The van der Waals surface area contributed by atoms with Crippen LogP contribution in [0.3, 0.4) is 0 Å². The number of aryl methyl sites for hydroxylation is 1. The number of hydrogen-bond acceptors (Lipinski definition) is 4. The summed E-state index contributed by atoms with van der Waals surface area (Å²) in [7, 11) is 0. The first-order chi connectivity index (χ1) is 10.9. The van der Waals surface area contributed by atoms with Crippen molar-refractivity contribution in [3.8, 4) is 0 Å². The molecule has 0 unspecified atom stereocenters. The van der Waals surface area contributed by atoms with Crippen molar-refractivity contribution >= 4 is 17.7 Å². The van der Waals surface area contributed by atoms with Gasteiger partial charge in [0.2, 0.25) is 5.91 Å². The van der Waals surface area contributed by atoms with Gasteiger partial charge >= 0.3 is 0 Å². The minimum absolute atomic E-state index is 0.0878. The Morgan fingerprint density at radius 3 is 2.57 bits per heavy atom. The van der Waals surface area contributed by atoms with E-state index < -0.39 is 0 Å². The Morgan fingerprint density at radius 1 is 1.30 bits per heavy atom. The summed E-state index contributed by atoms with van der Waals surface area (Å²) in [4.78, 5) is 12.3. The van der Waals surface area contributed by atoms with Gasteiger partial charge in [-0.2, -0.15) is 0 Å². The number of carbonyl (C=O) groups excluding carboxylic acids is 1. The molecule has 2 atom stereocenters. The number of benzene rings is 1. The summed E-state index contributed by atoms with van der Waals surface area (Å²) >= 11 is 1.38. The second kappa shape index (κ2) is 7.59. The molecule has 0 aliphatic heterocycles. The fraction of sp³-hybridized carbons (Fsp3) is 0.438. The lowest BCUT2D eigenvalue weighted by Gasteiger charge is -2.17. The van der Waals surface area contributed by atoms with Crippen molar-refractivity contribution in [3.05, 3.63) is 41.5 Å². The number of nitrogens with one attached hydrogen (secondary N) is 1. The minimum Gasteiger partial charge on any atom is -0.349 e. The average molecular weight is 336 g/mol. The Balaban J connectivity index is 1.98. The molecule has 2 aromatic rings. The van der Waals surface area contributed by atoms with Crippen molar-refractivity contribution in [2.75, 3.05) is 0 Å². The number of carbonyl (C=O) groups is 1. The van der Waals surface area contributed by atoms with Gasteiger partial charge in [-0.3, -0.25) is 4.79 Å². The molecule has 1 N–H and O–H groups in total. The van der Waals surface area contributed by atoms with Crippen LogP contribution in [-0.4, -0.2) is 25.9 Å². The first-order valence-electron chi connectivity index (χ1n) is 7.54. The summed E-state index contributed by atoms with van der Waals surface area (Å²) in [5, 5.41) is 11.5. The number of nitrogens with zero attached hydrogens (tertiary/aromatic N) is 3. The highest BCUT2D eigenvalue weighted by atomic mass is 32.2. The topological polar surface area (TPSA) is 59.8 Å². The highest BCUT2D eigenvalue weighted by Gasteiger charge is 2.20. The Hall–Kier alpha value is -1.89. The quantitative estimate of drug-likeness (QED) is 0.824. The Bertz CT molecular complexity index is 671. The lowest BCUT2D eigenvalue weighted by Crippen LogP contribution is -2.33. The zero-order valence-electron chi connectivity index (χ0n) is 13.7. The Kier molecular flexibility index (Phi) is 5.76. The highest BCUT2D eigenvalue weighted by molar-refractivity contribution is 8.00. The van der Waals surface area contributed by atoms with E-state index in [4.69, 9.17) is 0 Å². The van der Waals surface area contributed by atoms with E-state index in [1.54, 1.807) is 12.1 Å². The van der Waals surface area contributed by atoms with Crippen LogP contribution in [0, 0.1) is 12.7 Å². The van der Waals surface area contributed by atoms with Crippen molar-refractivity contribution in [3.63, 3.8) is 0 Å². The van der Waals surface area contributed by atoms with Gasteiger partial charge in [0.05, 0.1) is 11.3 Å². The lowest BCUT2D eigenvalue weighted by molar-refractivity contribution is -0.120. The fourth-order valence-electron chi connectivity index (χ4n) is 2.19. The third kappa shape index (κ3) is 4.31. The van der Waals surface area contributed by atoms with Crippen molar-refractivity contribution < 1.29 is 9.18 Å². The van der Waals surface area contributed by atoms with Gasteiger partial charge in [0.1, 0.15) is 11.6 Å². The third-order valence-corrected chi connectivity index (χ3v) is 4.68. The van der Waals surface area contributed by atoms with E-state index in [-0.39, 0.29) is 23.0 Å². The Morgan fingerprint density at radius 2 is 1.96 bits per heavy atom. The van der Waals surface area contributed by atoms with Crippen LogP contribution in [0.5, 0.6) is 0 Å². The van der Waals surface area contributed by atoms with E-state index in [0.717, 1.165) is 23.1 Å². The van der Waals surface area contributed by atoms with E-state index in [1.807, 2.05) is 32.3 Å². The molecule has 0 bridgehead atoms. The smallest absolute Gasteiger partial charge is 0.233 e. The monoisotopic (exact) mass is 336 g/mol. The van der Waals surface area contributed by atoms with Crippen LogP contribution in [0.4, 0.5) is 4.39 Å². The molecule has 0 radical (unpaired) electrons. The summed E-state index contributed by atoms with van der Waals surface area (Å²) < 4.78 is 14.9. The van der Waals surface area contributed by atoms with Gasteiger partial charge in [0.15, 0.2) is 5.16 Å². The molecule has 1 aromatic carbocycles. The van der Waals surface area contributed by atoms with Gasteiger partial charge in [-0.15, -0.1) is 10.2 Å². The molecule has 124 valence electrons. The second-order valence-corrected chi connectivity index (χ2v) is 6.62. The molecule has 0 spiro atoms. The molecule has 5 nitrogen and oxygen atoms in total. The zero-order valence-corrected chi connectivity index (χ0v) is 14.5. The maximum atomic E-state index is 13.0. The van der Waals surface area contributed by atoms with Crippen LogP contribution < -0.4 is 5.32 Å². The number of rotatable bonds is 6. The molecule has 0 saturated carbocycles. The molecule has 0 saturated heterocycles. The van der Waals surface area contributed by atoms with E-state index in [9.17, 15) is 9.18 Å². The summed E-state index contributed by atoms with van der Waals surface area (Å²) in [5.74, 6) is 0.461. The van der Waals surface area contributed by atoms with Crippen LogP contribution in [0.2, 0.25) is 0 Å². The second-order valence-electron chi connectivity index (χ2n) is 5.32. The summed E-state index contributed by atoms with van der Waals surface area (Å²) in [6.45, 7) is 8.38. The first-order valence-corrected chi connectivity index (χ1v) is 8.42. The van der Waals surface area contributed by atoms with E-state index >= 15 is 0 Å². The maximum Gasteiger partial charge on any atom is 0.233 e. The van der Waals surface area contributed by atoms with E-state index in [2.05, 4.69) is 15.5 Å². The highest BCUT2D eigenvalue weighted by Crippen LogP contribution is 2.23. The minimum atomic E-state index is -0.299. The van der Waals surface area contributed by atoms with Gasteiger partial charge in [-0.05, 0) is 45.4 Å². The normalized spacial score (nSPS) is 13.6. The van der Waals surface area contributed by atoms with Crippen LogP contribution in [0.15, 0.2) is 29.4 Å². The molecule has 1 aromatic heterocycles. The van der Waals surface area contributed by atoms with Gasteiger partial charge < -0.3 is 9.88 Å². The number of halogens is 1. The van der Waals surface area contributed by atoms with Gasteiger partial charge in [0.25, 0.3) is 0 Å². The average Bonchev–Trinajstić information content (AvgIpc) is 2.87. The van der Waals surface area contributed by atoms with Crippen LogP contribution in [0.1, 0.15) is 38.2 Å². The SMILES string of the molecule is CCn1c(C)nnc1S[C@H](C)C(=O)N[C@H](C)c1ccc(F)cc1. The molecular weight excluding hydrogens is 315 g/mol. The Labute approximate surface area is 139 Å². The van der Waals surface area contributed by atoms with E-state index in [1.165, 1.54) is 23.9 Å². The van der Waals surface area contributed by atoms with Crippen molar-refractivity contribution in [1.29, 1.82) is 0 Å². The molecule has 0 aliphatic rings. The first kappa shape index (κ1) is 17.5. The molecule has 0 fully saturated rings. The fourth-order valence-corrected chi connectivity index (χ4v) is 3.16. The van der Waals surface area contributed by atoms with Crippen molar-refractivity contribution in [2.24, 2.45) is 0 Å². The largest absolute Gasteiger partial charge is 0.349 e. The molecule has 23 heavy (non-hydrogen) atoms. The molecule has 0 aliphatic carbocycles. The van der Waals surface area contributed by atoms with Gasteiger partial charge in [-0.25, -0.2) is 4.39 Å². The molecule has 1 amide bonds. The predicted octanol–water partition coefficient (Wildman–Crippen LogP) is 3.10. The van der Waals surface area contributed by atoms with Gasteiger partial charge in [0, 0.05) is 6.54 Å². The summed E-state index contributed by atoms with van der Waals surface area (Å²) in [5.41, 5.74) is 0.865. The maximum absolute atomic E-state index is 13.0. The predicted molar refractivity (Wildman–Crippen MR) is 88.7 cm³/mol. The number of hydrogen-bond donors (Lipinski definition) is 1. The number of amides is 1. The molecule has 2 rings (SSSR count). The number of aromatic nitrogens is 3. The van der Waals surface area contributed by atoms with Gasteiger partial charge in [-0.1, -0.05) is 23.9 Å². The molecule has 7 heteroatoms. The third-order valence-electron chi connectivity index (χ3n) is 3.60. The van der Waals surface area contributed by atoms with Crippen LogP contribution in [0.25, 0.3) is 0 Å². The summed E-state index contributed by atoms with van der Waals surface area (Å²) in [6.07, 6.45) is 0. The van der Waals surface area contributed by atoms with Crippen molar-refractivity contribution in [1.82, 2.24) is 20.1 Å². The van der Waals surface area contributed by atoms with Crippen molar-refractivity contribution in [2.45, 2.75) is 50.7 Å². The number of thioether (sulfide) groups is 1. The van der Waals surface area contributed by atoms with Crippen LogP contribution >= 0.6 is 11.8 Å². The van der Waals surface area contributed by atoms with E-state index in [0.29, 0.717) is 0 Å².